The highest BCUT2D eigenvalue weighted by Gasteiger charge is 2.56. The van der Waals surface area contributed by atoms with Crippen molar-refractivity contribution in [1.82, 2.24) is 14.9 Å². The van der Waals surface area contributed by atoms with Gasteiger partial charge in [-0.3, -0.25) is 14.4 Å². The minimum Gasteiger partial charge on any atom is -0.343 e. The number of para-hydroxylation sites is 1. The maximum atomic E-state index is 13.9. The number of fused-ring (bicyclic) bond motifs is 2. The zero-order chi connectivity index (χ0) is 28.0. The average Bonchev–Trinajstić information content (AvgIpc) is 3.57. The molecule has 3 amide bonds. The van der Waals surface area contributed by atoms with E-state index >= 15 is 0 Å². The number of rotatable bonds is 8. The van der Waals surface area contributed by atoms with Crippen LogP contribution >= 0.6 is 0 Å². The van der Waals surface area contributed by atoms with Crippen molar-refractivity contribution in [3.8, 4) is 6.07 Å². The Morgan fingerprint density at radius 2 is 1.89 bits per heavy atom. The molecule has 1 aliphatic carbocycles. The van der Waals surface area contributed by atoms with Gasteiger partial charge in [-0.05, 0) is 42.2 Å². The minimum atomic E-state index is -3.67. The summed E-state index contributed by atoms with van der Waals surface area (Å²) in [5.74, 6) is -1.27. The van der Waals surface area contributed by atoms with E-state index < -0.39 is 56.0 Å². The number of hydrogen-bond acceptors (Lipinski definition) is 6. The number of anilines is 1. The number of hydrogen-bond donors (Lipinski definition) is 3. The average molecular weight is 544 g/mol. The van der Waals surface area contributed by atoms with Crippen LogP contribution in [0.2, 0.25) is 0 Å². The SMILES string of the molecule is CC(C)C[C@H](NC(=O)[C@@H](NS(=O)(=O)C1CC1)C(C)(C)C)C(=O)N1C[C@]2(C[C@H]1C#N)C(=O)Nc1ccccc12. The molecule has 1 aromatic carbocycles. The normalized spacial score (nSPS) is 24.6. The Balaban J connectivity index is 1.59. The molecular weight excluding hydrogens is 506 g/mol. The molecule has 4 rings (SSSR count). The first-order chi connectivity index (χ1) is 17.7. The molecule has 0 aromatic heterocycles. The largest absolute Gasteiger partial charge is 0.343 e. The molecular formula is C27H37N5O5S. The number of nitrogens with one attached hydrogen (secondary N) is 3. The monoisotopic (exact) mass is 543 g/mol. The van der Waals surface area contributed by atoms with Gasteiger partial charge in [0, 0.05) is 18.7 Å². The Labute approximate surface area is 224 Å². The molecule has 2 fully saturated rings. The van der Waals surface area contributed by atoms with Gasteiger partial charge in [0.05, 0.1) is 16.7 Å². The Bertz CT molecular complexity index is 1280. The fourth-order valence-corrected chi connectivity index (χ4v) is 7.13. The summed E-state index contributed by atoms with van der Waals surface area (Å²) in [5, 5.41) is 15.1. The van der Waals surface area contributed by atoms with Gasteiger partial charge in [0.1, 0.15) is 18.1 Å². The van der Waals surface area contributed by atoms with Crippen molar-refractivity contribution in [2.75, 3.05) is 11.9 Å². The number of amides is 3. The summed E-state index contributed by atoms with van der Waals surface area (Å²) in [5.41, 5.74) is -0.359. The van der Waals surface area contributed by atoms with Crippen molar-refractivity contribution in [1.29, 1.82) is 5.26 Å². The van der Waals surface area contributed by atoms with E-state index in [1.807, 2.05) is 32.0 Å². The minimum absolute atomic E-state index is 0.0214. The molecule has 11 heteroatoms. The van der Waals surface area contributed by atoms with E-state index in [1.165, 1.54) is 4.90 Å². The lowest BCUT2D eigenvalue weighted by Gasteiger charge is -2.33. The van der Waals surface area contributed by atoms with Crippen molar-refractivity contribution in [2.24, 2.45) is 11.3 Å². The second-order valence-corrected chi connectivity index (χ2v) is 14.2. The van der Waals surface area contributed by atoms with Crippen LogP contribution in [0.4, 0.5) is 5.69 Å². The fourth-order valence-electron chi connectivity index (χ4n) is 5.40. The topological polar surface area (TPSA) is 148 Å². The molecule has 2 heterocycles. The van der Waals surface area contributed by atoms with Crippen LogP contribution in [-0.4, -0.2) is 61.0 Å². The summed E-state index contributed by atoms with van der Waals surface area (Å²) >= 11 is 0. The zero-order valence-electron chi connectivity index (χ0n) is 22.6. The number of carbonyl (C=O) groups is 3. The Morgan fingerprint density at radius 1 is 1.24 bits per heavy atom. The summed E-state index contributed by atoms with van der Waals surface area (Å²) in [4.78, 5) is 41.9. The van der Waals surface area contributed by atoms with Crippen LogP contribution in [0, 0.1) is 22.7 Å². The summed E-state index contributed by atoms with van der Waals surface area (Å²) in [6.07, 6.45) is 1.57. The van der Waals surface area contributed by atoms with Crippen LogP contribution in [-0.2, 0) is 29.8 Å². The molecule has 4 atom stereocenters. The van der Waals surface area contributed by atoms with Crippen LogP contribution < -0.4 is 15.4 Å². The summed E-state index contributed by atoms with van der Waals surface area (Å²) < 4.78 is 27.9. The summed E-state index contributed by atoms with van der Waals surface area (Å²) in [6.45, 7) is 9.14. The number of carbonyl (C=O) groups excluding carboxylic acids is 3. The predicted molar refractivity (Wildman–Crippen MR) is 142 cm³/mol. The molecule has 1 aromatic rings. The zero-order valence-corrected chi connectivity index (χ0v) is 23.4. The summed E-state index contributed by atoms with van der Waals surface area (Å²) in [7, 11) is -3.67. The molecule has 38 heavy (non-hydrogen) atoms. The number of likely N-dealkylation sites (tertiary alicyclic amines) is 1. The third kappa shape index (κ3) is 5.29. The predicted octanol–water partition coefficient (Wildman–Crippen LogP) is 2.03. The molecule has 3 aliphatic rings. The first-order valence-electron chi connectivity index (χ1n) is 13.1. The van der Waals surface area contributed by atoms with Gasteiger partial charge in [0.15, 0.2) is 0 Å². The first-order valence-corrected chi connectivity index (χ1v) is 14.7. The molecule has 0 unspecified atom stereocenters. The summed E-state index contributed by atoms with van der Waals surface area (Å²) in [6, 6.07) is 6.53. The van der Waals surface area contributed by atoms with E-state index in [2.05, 4.69) is 21.4 Å². The molecule has 10 nitrogen and oxygen atoms in total. The van der Waals surface area contributed by atoms with E-state index in [0.29, 0.717) is 24.9 Å². The smallest absolute Gasteiger partial charge is 0.246 e. The van der Waals surface area contributed by atoms with Gasteiger partial charge in [-0.2, -0.15) is 5.26 Å². The third-order valence-corrected chi connectivity index (χ3v) is 9.52. The van der Waals surface area contributed by atoms with E-state index in [9.17, 15) is 28.1 Å². The van der Waals surface area contributed by atoms with E-state index in [1.54, 1.807) is 26.8 Å². The van der Waals surface area contributed by atoms with Crippen LogP contribution in [0.25, 0.3) is 0 Å². The standard InChI is InChI=1S/C27H37N5O5S/c1-16(2)12-21(29-23(33)22(26(3,4)5)31-38(36,37)18-10-11-18)24(34)32-15-27(13-17(32)14-28)19-8-6-7-9-20(19)30-25(27)35/h6-9,16-18,21-22,31H,10-13,15H2,1-5H3,(H,29,33)(H,30,35)/t17-,21-,22+,27-/m0/s1. The van der Waals surface area contributed by atoms with Crippen molar-refractivity contribution in [3.05, 3.63) is 29.8 Å². The fraction of sp³-hybridized carbons (Fsp3) is 0.630. The molecule has 206 valence electrons. The maximum absolute atomic E-state index is 13.9. The molecule has 1 saturated carbocycles. The quantitative estimate of drug-likeness (QED) is 0.457. The van der Waals surface area contributed by atoms with Gasteiger partial charge in [-0.15, -0.1) is 0 Å². The van der Waals surface area contributed by atoms with Crippen LogP contribution in [0.15, 0.2) is 24.3 Å². The molecule has 3 N–H and O–H groups in total. The molecule has 0 radical (unpaired) electrons. The highest BCUT2D eigenvalue weighted by molar-refractivity contribution is 7.90. The Kier molecular flexibility index (Phi) is 7.36. The highest BCUT2D eigenvalue weighted by atomic mass is 32.2. The van der Waals surface area contributed by atoms with Crippen molar-refractivity contribution in [2.45, 2.75) is 89.1 Å². The van der Waals surface area contributed by atoms with E-state index in [4.69, 9.17) is 0 Å². The van der Waals surface area contributed by atoms with Gasteiger partial charge in [-0.25, -0.2) is 13.1 Å². The number of nitriles is 1. The van der Waals surface area contributed by atoms with Crippen molar-refractivity contribution < 1.29 is 22.8 Å². The first kappa shape index (κ1) is 28.0. The van der Waals surface area contributed by atoms with Gasteiger partial charge in [0.25, 0.3) is 0 Å². The second-order valence-electron chi connectivity index (χ2n) is 12.2. The lowest BCUT2D eigenvalue weighted by Crippen LogP contribution is -2.59. The lowest BCUT2D eigenvalue weighted by atomic mass is 9.80. The molecule has 1 spiro atoms. The van der Waals surface area contributed by atoms with Gasteiger partial charge < -0.3 is 15.5 Å². The molecule has 0 bridgehead atoms. The van der Waals surface area contributed by atoms with Crippen LogP contribution in [0.5, 0.6) is 0 Å². The molecule has 1 saturated heterocycles. The van der Waals surface area contributed by atoms with Crippen LogP contribution in [0.3, 0.4) is 0 Å². The Hall–Kier alpha value is -2.97. The van der Waals surface area contributed by atoms with E-state index in [-0.39, 0.29) is 24.8 Å². The number of benzene rings is 1. The van der Waals surface area contributed by atoms with E-state index in [0.717, 1.165) is 5.56 Å². The van der Waals surface area contributed by atoms with Crippen molar-refractivity contribution in [3.63, 3.8) is 0 Å². The van der Waals surface area contributed by atoms with Gasteiger partial charge in [-0.1, -0.05) is 52.8 Å². The number of nitrogens with zero attached hydrogens (tertiary/aromatic N) is 2. The van der Waals surface area contributed by atoms with Crippen LogP contribution in [0.1, 0.15) is 65.9 Å². The third-order valence-electron chi connectivity index (χ3n) is 7.61. The van der Waals surface area contributed by atoms with Gasteiger partial charge in [0.2, 0.25) is 27.7 Å². The molecule has 2 aliphatic heterocycles. The number of sulfonamides is 1. The maximum Gasteiger partial charge on any atom is 0.246 e. The van der Waals surface area contributed by atoms with Gasteiger partial charge >= 0.3 is 0 Å². The highest BCUT2D eigenvalue weighted by Crippen LogP contribution is 2.46. The second kappa shape index (κ2) is 9.97. The lowest BCUT2D eigenvalue weighted by molar-refractivity contribution is -0.138. The Morgan fingerprint density at radius 3 is 2.47 bits per heavy atom. The van der Waals surface area contributed by atoms with Crippen molar-refractivity contribution >= 4 is 33.4 Å².